The highest BCUT2D eigenvalue weighted by Crippen LogP contribution is 2.05. The Bertz CT molecular complexity index is 174. The number of amides is 1. The van der Waals surface area contributed by atoms with Crippen molar-refractivity contribution in [2.24, 2.45) is 0 Å². The number of carbonyl (C=O) groups is 1. The second kappa shape index (κ2) is 6.02. The number of hydrogen-bond donors (Lipinski definition) is 0. The summed E-state index contributed by atoms with van der Waals surface area (Å²) in [5, 5.41) is 0. The molecule has 81 valence electrons. The van der Waals surface area contributed by atoms with Gasteiger partial charge in [0.05, 0.1) is 0 Å². The van der Waals surface area contributed by atoms with Crippen LogP contribution in [0.3, 0.4) is 0 Å². The van der Waals surface area contributed by atoms with Gasteiger partial charge in [0.25, 0.3) is 0 Å². The summed E-state index contributed by atoms with van der Waals surface area (Å²) in [6, 6.07) is 0. The molecule has 1 heterocycles. The number of carbonyl (C=O) groups excluding carboxylic acids is 1. The van der Waals surface area contributed by atoms with Crippen molar-refractivity contribution in [1.29, 1.82) is 0 Å². The zero-order valence-corrected chi connectivity index (χ0v) is 9.17. The van der Waals surface area contributed by atoms with Crippen LogP contribution < -0.4 is 0 Å². The molecule has 3 heteroatoms. The fraction of sp³-hybridized carbons (Fsp3) is 0.818. The summed E-state index contributed by atoms with van der Waals surface area (Å²) in [7, 11) is 2.10. The zero-order valence-electron chi connectivity index (χ0n) is 9.17. The van der Waals surface area contributed by atoms with E-state index in [1.165, 1.54) is 0 Å². The molecule has 1 radical (unpaired) electrons. The van der Waals surface area contributed by atoms with Crippen LogP contribution in [-0.4, -0.2) is 48.9 Å². The predicted molar refractivity (Wildman–Crippen MR) is 57.9 cm³/mol. The number of likely N-dealkylation sites (N-methyl/N-ethyl adjacent to an activating group) is 1. The van der Waals surface area contributed by atoms with Gasteiger partial charge in [0.2, 0.25) is 5.91 Å². The topological polar surface area (TPSA) is 23.6 Å². The molecule has 0 aromatic rings. The molecule has 0 bridgehead atoms. The van der Waals surface area contributed by atoms with E-state index in [2.05, 4.69) is 18.9 Å². The SMILES string of the molecule is [CH2]CCCCC(=O)N1CCN(C)CC1. The third-order valence-corrected chi connectivity index (χ3v) is 2.75. The molecule has 0 aromatic heterocycles. The average molecular weight is 197 g/mol. The molecule has 1 aliphatic rings. The van der Waals surface area contributed by atoms with E-state index in [0.29, 0.717) is 12.3 Å². The van der Waals surface area contributed by atoms with Gasteiger partial charge >= 0.3 is 0 Å². The highest BCUT2D eigenvalue weighted by Gasteiger charge is 2.17. The molecule has 0 atom stereocenters. The molecule has 1 rings (SSSR count). The van der Waals surface area contributed by atoms with Crippen LogP contribution in [0.2, 0.25) is 0 Å². The zero-order chi connectivity index (χ0) is 10.4. The minimum atomic E-state index is 0.326. The lowest BCUT2D eigenvalue weighted by atomic mass is 10.2. The standard InChI is InChI=1S/C11H21N2O/c1-3-4-5-6-11(14)13-9-7-12(2)8-10-13/h1,3-10H2,2H3. The summed E-state index contributed by atoms with van der Waals surface area (Å²) in [4.78, 5) is 15.9. The van der Waals surface area contributed by atoms with Gasteiger partial charge in [-0.1, -0.05) is 19.8 Å². The van der Waals surface area contributed by atoms with Crippen LogP contribution in [0.25, 0.3) is 0 Å². The predicted octanol–water partition coefficient (Wildman–Crippen LogP) is 1.15. The van der Waals surface area contributed by atoms with Gasteiger partial charge in [-0.05, 0) is 13.5 Å². The number of hydrogen-bond acceptors (Lipinski definition) is 2. The van der Waals surface area contributed by atoms with Crippen molar-refractivity contribution in [3.8, 4) is 0 Å². The van der Waals surface area contributed by atoms with E-state index in [-0.39, 0.29) is 0 Å². The molecule has 1 aliphatic heterocycles. The molecule has 1 saturated heterocycles. The number of piperazine rings is 1. The van der Waals surface area contributed by atoms with Crippen molar-refractivity contribution in [1.82, 2.24) is 9.80 Å². The maximum atomic E-state index is 11.7. The van der Waals surface area contributed by atoms with Gasteiger partial charge in [-0.15, -0.1) is 0 Å². The van der Waals surface area contributed by atoms with Crippen molar-refractivity contribution >= 4 is 5.91 Å². The summed E-state index contributed by atoms with van der Waals surface area (Å²) >= 11 is 0. The maximum Gasteiger partial charge on any atom is 0.222 e. The van der Waals surface area contributed by atoms with Crippen molar-refractivity contribution < 1.29 is 4.79 Å². The van der Waals surface area contributed by atoms with Crippen LogP contribution in [-0.2, 0) is 4.79 Å². The molecular weight excluding hydrogens is 176 g/mol. The van der Waals surface area contributed by atoms with E-state index in [1.54, 1.807) is 0 Å². The molecule has 1 amide bonds. The first kappa shape index (κ1) is 11.5. The first-order valence-electron chi connectivity index (χ1n) is 5.49. The molecule has 0 aliphatic carbocycles. The van der Waals surface area contributed by atoms with Gasteiger partial charge in [0.15, 0.2) is 0 Å². The molecule has 0 N–H and O–H groups in total. The Morgan fingerprint density at radius 3 is 2.43 bits per heavy atom. The van der Waals surface area contributed by atoms with Crippen LogP contribution in [0.1, 0.15) is 25.7 Å². The summed E-state index contributed by atoms with van der Waals surface area (Å²) in [6.07, 6.45) is 3.71. The Morgan fingerprint density at radius 1 is 1.21 bits per heavy atom. The highest BCUT2D eigenvalue weighted by atomic mass is 16.2. The van der Waals surface area contributed by atoms with Crippen molar-refractivity contribution in [2.75, 3.05) is 33.2 Å². The van der Waals surface area contributed by atoms with Crippen LogP contribution in [0.15, 0.2) is 0 Å². The molecular formula is C11H21N2O. The largest absolute Gasteiger partial charge is 0.340 e. The Labute approximate surface area is 87.1 Å². The quantitative estimate of drug-likeness (QED) is 0.631. The van der Waals surface area contributed by atoms with E-state index < -0.39 is 0 Å². The van der Waals surface area contributed by atoms with Gasteiger partial charge in [-0.2, -0.15) is 0 Å². The van der Waals surface area contributed by atoms with Gasteiger partial charge in [0, 0.05) is 32.6 Å². The Kier molecular flexibility index (Phi) is 4.94. The highest BCUT2D eigenvalue weighted by molar-refractivity contribution is 5.76. The van der Waals surface area contributed by atoms with E-state index in [9.17, 15) is 4.79 Å². The number of rotatable bonds is 4. The van der Waals surface area contributed by atoms with Crippen LogP contribution >= 0.6 is 0 Å². The second-order valence-electron chi connectivity index (χ2n) is 3.99. The average Bonchev–Trinajstić information content (AvgIpc) is 2.19. The first-order chi connectivity index (χ1) is 6.74. The lowest BCUT2D eigenvalue weighted by Gasteiger charge is -2.32. The summed E-state index contributed by atoms with van der Waals surface area (Å²) in [6.45, 7) is 7.61. The van der Waals surface area contributed by atoms with Crippen LogP contribution in [0.4, 0.5) is 0 Å². The van der Waals surface area contributed by atoms with E-state index >= 15 is 0 Å². The van der Waals surface area contributed by atoms with Gasteiger partial charge in [0.1, 0.15) is 0 Å². The molecule has 0 spiro atoms. The summed E-state index contributed by atoms with van der Waals surface area (Å²) in [5.74, 6) is 0.326. The Morgan fingerprint density at radius 2 is 1.86 bits per heavy atom. The lowest BCUT2D eigenvalue weighted by molar-refractivity contribution is -0.132. The molecule has 0 saturated carbocycles. The summed E-state index contributed by atoms with van der Waals surface area (Å²) in [5.41, 5.74) is 0. The van der Waals surface area contributed by atoms with Gasteiger partial charge in [-0.3, -0.25) is 4.79 Å². The second-order valence-corrected chi connectivity index (χ2v) is 3.99. The Balaban J connectivity index is 2.17. The van der Waals surface area contributed by atoms with Crippen molar-refractivity contribution in [2.45, 2.75) is 25.7 Å². The van der Waals surface area contributed by atoms with Crippen LogP contribution in [0, 0.1) is 6.92 Å². The fourth-order valence-corrected chi connectivity index (χ4v) is 1.67. The van der Waals surface area contributed by atoms with E-state index in [1.807, 2.05) is 4.90 Å². The molecule has 0 aromatic carbocycles. The first-order valence-corrected chi connectivity index (χ1v) is 5.49. The van der Waals surface area contributed by atoms with Crippen LogP contribution in [0.5, 0.6) is 0 Å². The lowest BCUT2D eigenvalue weighted by Crippen LogP contribution is -2.47. The minimum Gasteiger partial charge on any atom is -0.340 e. The van der Waals surface area contributed by atoms with Gasteiger partial charge in [-0.25, -0.2) is 0 Å². The Hall–Kier alpha value is -0.570. The molecule has 1 fully saturated rings. The smallest absolute Gasteiger partial charge is 0.222 e. The third-order valence-electron chi connectivity index (χ3n) is 2.75. The molecule has 14 heavy (non-hydrogen) atoms. The number of unbranched alkanes of at least 4 members (excludes halogenated alkanes) is 2. The maximum absolute atomic E-state index is 11.7. The number of nitrogens with zero attached hydrogens (tertiary/aromatic N) is 2. The van der Waals surface area contributed by atoms with E-state index in [0.717, 1.165) is 45.4 Å². The van der Waals surface area contributed by atoms with Gasteiger partial charge < -0.3 is 9.80 Å². The van der Waals surface area contributed by atoms with Crippen molar-refractivity contribution in [3.05, 3.63) is 6.92 Å². The third kappa shape index (κ3) is 3.66. The molecule has 0 unspecified atom stereocenters. The normalized spacial score (nSPS) is 18.6. The monoisotopic (exact) mass is 197 g/mol. The summed E-state index contributed by atoms with van der Waals surface area (Å²) < 4.78 is 0. The van der Waals surface area contributed by atoms with E-state index in [4.69, 9.17) is 0 Å². The minimum absolute atomic E-state index is 0.326. The van der Waals surface area contributed by atoms with Crippen molar-refractivity contribution in [3.63, 3.8) is 0 Å². The fourth-order valence-electron chi connectivity index (χ4n) is 1.67. The molecule has 3 nitrogen and oxygen atoms in total.